The van der Waals surface area contributed by atoms with E-state index in [1.807, 2.05) is 14.0 Å². The van der Waals surface area contributed by atoms with E-state index in [0.717, 1.165) is 19.5 Å². The minimum Gasteiger partial charge on any atom is -0.496 e. The molecular weight excluding hydrogens is 282 g/mol. The van der Waals surface area contributed by atoms with Gasteiger partial charge in [0, 0.05) is 12.1 Å². The number of hydrogen-bond donors (Lipinski definition) is 2. The highest BCUT2D eigenvalue weighted by molar-refractivity contribution is 5.94. The van der Waals surface area contributed by atoms with Crippen LogP contribution in [0.1, 0.15) is 27.2 Å². The molecule has 6 heteroatoms. The molecule has 0 rings (SSSR count). The molecular formula is C16H29N3O3. The summed E-state index contributed by atoms with van der Waals surface area (Å²) in [5.74, 6) is 0.237. The van der Waals surface area contributed by atoms with Crippen LogP contribution in [0.2, 0.25) is 0 Å². The molecule has 0 fully saturated rings. The van der Waals surface area contributed by atoms with Gasteiger partial charge in [-0.1, -0.05) is 20.4 Å². The van der Waals surface area contributed by atoms with Crippen LogP contribution in [-0.2, 0) is 14.4 Å². The Hall–Kier alpha value is -1.79. The molecule has 0 bridgehead atoms. The lowest BCUT2D eigenvalue weighted by Gasteiger charge is -2.13. The lowest BCUT2D eigenvalue weighted by molar-refractivity contribution is -0.129. The van der Waals surface area contributed by atoms with Gasteiger partial charge in [0.25, 0.3) is 5.91 Å². The number of nitrogens with zero attached hydrogens (tertiary/aromatic N) is 1. The Morgan fingerprint density at radius 1 is 1.32 bits per heavy atom. The highest BCUT2D eigenvalue weighted by Gasteiger charge is 2.04. The van der Waals surface area contributed by atoms with Gasteiger partial charge in [-0.25, -0.2) is 5.48 Å². The van der Waals surface area contributed by atoms with Crippen LogP contribution in [0.15, 0.2) is 35.8 Å². The second kappa shape index (κ2) is 11.8. The fourth-order valence-electron chi connectivity index (χ4n) is 1.26. The van der Waals surface area contributed by atoms with Crippen LogP contribution < -0.4 is 11.2 Å². The molecule has 126 valence electrons. The van der Waals surface area contributed by atoms with Gasteiger partial charge in [0.2, 0.25) is 0 Å². The summed E-state index contributed by atoms with van der Waals surface area (Å²) in [5, 5.41) is 0. The number of nitrogens with two attached hydrogens (primary N) is 1. The molecule has 6 nitrogen and oxygen atoms in total. The van der Waals surface area contributed by atoms with Crippen molar-refractivity contribution in [2.45, 2.75) is 27.2 Å². The zero-order valence-electron chi connectivity index (χ0n) is 14.1. The molecule has 0 atom stereocenters. The number of amides is 1. The maximum atomic E-state index is 11.7. The van der Waals surface area contributed by atoms with Crippen molar-refractivity contribution in [3.8, 4) is 0 Å². The number of hydrogen-bond acceptors (Lipinski definition) is 5. The van der Waals surface area contributed by atoms with Gasteiger partial charge in [0.1, 0.15) is 5.76 Å². The highest BCUT2D eigenvalue weighted by atomic mass is 16.6. The van der Waals surface area contributed by atoms with E-state index in [0.29, 0.717) is 24.7 Å². The fourth-order valence-corrected chi connectivity index (χ4v) is 1.26. The predicted octanol–water partition coefficient (Wildman–Crippen LogP) is 1.72. The summed E-state index contributed by atoms with van der Waals surface area (Å²) in [6.07, 6.45) is 4.04. The van der Waals surface area contributed by atoms with Crippen molar-refractivity contribution < 1.29 is 14.4 Å². The lowest BCUT2D eigenvalue weighted by Crippen LogP contribution is -2.29. The summed E-state index contributed by atoms with van der Waals surface area (Å²) >= 11 is 0. The highest BCUT2D eigenvalue weighted by Crippen LogP contribution is 2.04. The number of ether oxygens (including phenoxy) is 1. The van der Waals surface area contributed by atoms with E-state index < -0.39 is 5.91 Å². The summed E-state index contributed by atoms with van der Waals surface area (Å²) in [7, 11) is 1.98. The first-order valence-electron chi connectivity index (χ1n) is 7.49. The van der Waals surface area contributed by atoms with Gasteiger partial charge in [-0.2, -0.15) is 0 Å². The third-order valence-corrected chi connectivity index (χ3v) is 2.96. The number of carbonyl (C=O) groups excluding carboxylic acids is 1. The van der Waals surface area contributed by atoms with Crippen molar-refractivity contribution >= 4 is 5.91 Å². The van der Waals surface area contributed by atoms with Gasteiger partial charge >= 0.3 is 0 Å². The van der Waals surface area contributed by atoms with Gasteiger partial charge in [-0.05, 0) is 39.1 Å². The van der Waals surface area contributed by atoms with E-state index in [2.05, 4.69) is 23.9 Å². The Kier molecular flexibility index (Phi) is 10.9. The average molecular weight is 311 g/mol. The zero-order chi connectivity index (χ0) is 17.0. The standard InChI is InChI=1S/C16H29N3O3/c1-6-11-21-14(4)15(17)9-8-13(3)16(20)18-22-12-10-19(5)7-2/h8-9H,3,6-7,10-12,17H2,1-2,4-5H3,(H,18,20)/b9-8-,15-14-. The number of hydroxylamine groups is 1. The summed E-state index contributed by atoms with van der Waals surface area (Å²) in [6.45, 7) is 12.2. The van der Waals surface area contributed by atoms with Crippen molar-refractivity contribution in [3.05, 3.63) is 35.8 Å². The molecule has 1 amide bonds. The van der Waals surface area contributed by atoms with E-state index in [-0.39, 0.29) is 5.57 Å². The van der Waals surface area contributed by atoms with Crippen molar-refractivity contribution in [1.29, 1.82) is 0 Å². The first-order valence-corrected chi connectivity index (χ1v) is 7.49. The van der Waals surface area contributed by atoms with E-state index in [1.54, 1.807) is 13.0 Å². The fraction of sp³-hybridized carbons (Fsp3) is 0.562. The average Bonchev–Trinajstić information content (AvgIpc) is 2.53. The molecule has 0 spiro atoms. The molecule has 0 unspecified atom stereocenters. The van der Waals surface area contributed by atoms with E-state index in [1.165, 1.54) is 6.08 Å². The van der Waals surface area contributed by atoms with Crippen LogP contribution in [0.4, 0.5) is 0 Å². The number of rotatable bonds is 11. The molecule has 0 aliphatic heterocycles. The summed E-state index contributed by atoms with van der Waals surface area (Å²) < 4.78 is 5.40. The van der Waals surface area contributed by atoms with Crippen molar-refractivity contribution in [1.82, 2.24) is 10.4 Å². The minimum absolute atomic E-state index is 0.259. The zero-order valence-corrected chi connectivity index (χ0v) is 14.1. The van der Waals surface area contributed by atoms with Crippen molar-refractivity contribution in [2.24, 2.45) is 5.73 Å². The predicted molar refractivity (Wildman–Crippen MR) is 88.7 cm³/mol. The normalized spacial score (nSPS) is 12.4. The third-order valence-electron chi connectivity index (χ3n) is 2.96. The molecule has 0 aromatic carbocycles. The van der Waals surface area contributed by atoms with E-state index >= 15 is 0 Å². The second-order valence-corrected chi connectivity index (χ2v) is 4.89. The maximum Gasteiger partial charge on any atom is 0.274 e. The van der Waals surface area contributed by atoms with Crippen molar-refractivity contribution in [2.75, 3.05) is 33.4 Å². The molecule has 3 N–H and O–H groups in total. The molecule has 0 saturated heterocycles. The van der Waals surface area contributed by atoms with Crippen LogP contribution in [-0.4, -0.2) is 44.2 Å². The SMILES string of the molecule is C=C(/C=C\C(N)=C(/C)OCCC)C(=O)NOCCN(C)CC. The molecule has 0 aliphatic carbocycles. The van der Waals surface area contributed by atoms with Crippen LogP contribution in [0, 0.1) is 0 Å². The Bertz CT molecular complexity index is 417. The first kappa shape index (κ1) is 20.2. The molecule has 22 heavy (non-hydrogen) atoms. The summed E-state index contributed by atoms with van der Waals surface area (Å²) in [6, 6.07) is 0. The minimum atomic E-state index is -0.393. The van der Waals surface area contributed by atoms with Crippen LogP contribution in [0.3, 0.4) is 0 Å². The second-order valence-electron chi connectivity index (χ2n) is 4.89. The monoisotopic (exact) mass is 311 g/mol. The lowest BCUT2D eigenvalue weighted by atomic mass is 10.2. The van der Waals surface area contributed by atoms with E-state index in [4.69, 9.17) is 15.3 Å². The number of nitrogens with one attached hydrogen (secondary N) is 1. The van der Waals surface area contributed by atoms with Crippen LogP contribution >= 0.6 is 0 Å². The summed E-state index contributed by atoms with van der Waals surface area (Å²) in [5.41, 5.74) is 8.90. The molecule has 0 saturated carbocycles. The first-order chi connectivity index (χ1) is 10.4. The Balaban J connectivity index is 4.19. The van der Waals surface area contributed by atoms with Gasteiger partial charge in [-0.15, -0.1) is 0 Å². The number of carbonyl (C=O) groups is 1. The number of likely N-dealkylation sites (N-methyl/N-ethyl adjacent to an activating group) is 1. The molecule has 0 heterocycles. The summed E-state index contributed by atoms with van der Waals surface area (Å²) in [4.78, 5) is 18.9. The largest absolute Gasteiger partial charge is 0.496 e. The number of allylic oxidation sites excluding steroid dienone is 2. The molecule has 0 aromatic rings. The third kappa shape index (κ3) is 9.20. The van der Waals surface area contributed by atoms with Crippen molar-refractivity contribution in [3.63, 3.8) is 0 Å². The molecule has 0 radical (unpaired) electrons. The quantitative estimate of drug-likeness (QED) is 0.200. The maximum absolute atomic E-state index is 11.7. The smallest absolute Gasteiger partial charge is 0.274 e. The van der Waals surface area contributed by atoms with Crippen LogP contribution in [0.5, 0.6) is 0 Å². The van der Waals surface area contributed by atoms with Gasteiger partial charge in [-0.3, -0.25) is 9.63 Å². The molecule has 0 aromatic heterocycles. The Morgan fingerprint density at radius 3 is 2.59 bits per heavy atom. The van der Waals surface area contributed by atoms with Gasteiger partial charge in [0.15, 0.2) is 0 Å². The van der Waals surface area contributed by atoms with Crippen LogP contribution in [0.25, 0.3) is 0 Å². The van der Waals surface area contributed by atoms with E-state index in [9.17, 15) is 4.79 Å². The Labute approximate surface area is 133 Å². The Morgan fingerprint density at radius 2 is 2.00 bits per heavy atom. The van der Waals surface area contributed by atoms with Gasteiger partial charge < -0.3 is 15.4 Å². The topological polar surface area (TPSA) is 76.8 Å². The van der Waals surface area contributed by atoms with Gasteiger partial charge in [0.05, 0.1) is 18.9 Å². The molecule has 0 aliphatic rings.